The Hall–Kier alpha value is -1.88. The normalized spacial score (nSPS) is 14.7. The molecule has 19 heavy (non-hydrogen) atoms. The number of hydrogen-bond acceptors (Lipinski definition) is 3. The summed E-state index contributed by atoms with van der Waals surface area (Å²) >= 11 is 6.01. The number of Topliss-reactive ketones (excluding diaryl/α,β-unsaturated/α-hetero) is 1. The first-order chi connectivity index (χ1) is 8.88. The largest absolute Gasteiger partial charge is 0.481 e. The molecule has 1 amide bonds. The smallest absolute Gasteiger partial charge is 0.304 e. The fourth-order valence-electron chi connectivity index (χ4n) is 2.08. The molecule has 0 aliphatic carbocycles. The van der Waals surface area contributed by atoms with Gasteiger partial charge in [0.1, 0.15) is 0 Å². The van der Waals surface area contributed by atoms with Crippen LogP contribution in [0.15, 0.2) is 12.1 Å². The van der Waals surface area contributed by atoms with E-state index in [0.29, 0.717) is 21.8 Å². The molecule has 1 atom stereocenters. The molecule has 5 nitrogen and oxygen atoms in total. The number of carbonyl (C=O) groups is 3. The Bertz CT molecular complexity index is 582. The van der Waals surface area contributed by atoms with Crippen molar-refractivity contribution in [3.05, 3.63) is 28.3 Å². The van der Waals surface area contributed by atoms with Gasteiger partial charge in [0.25, 0.3) is 0 Å². The molecular weight excluding hydrogens is 270 g/mol. The van der Waals surface area contributed by atoms with Crippen molar-refractivity contribution >= 4 is 34.9 Å². The molecule has 0 fully saturated rings. The van der Waals surface area contributed by atoms with E-state index in [-0.39, 0.29) is 24.5 Å². The summed E-state index contributed by atoms with van der Waals surface area (Å²) < 4.78 is 0. The zero-order valence-electron chi connectivity index (χ0n) is 10.2. The Morgan fingerprint density at radius 3 is 2.79 bits per heavy atom. The number of fused-ring (bicyclic) bond motifs is 1. The highest BCUT2D eigenvalue weighted by Gasteiger charge is 2.25. The zero-order chi connectivity index (χ0) is 14.2. The Kier molecular flexibility index (Phi) is 3.57. The second-order valence-electron chi connectivity index (χ2n) is 4.58. The Morgan fingerprint density at radius 2 is 2.16 bits per heavy atom. The summed E-state index contributed by atoms with van der Waals surface area (Å²) in [5.74, 6) is -2.10. The third kappa shape index (κ3) is 2.76. The van der Waals surface area contributed by atoms with Gasteiger partial charge in [0.15, 0.2) is 5.78 Å². The van der Waals surface area contributed by atoms with Gasteiger partial charge in [-0.25, -0.2) is 0 Å². The highest BCUT2D eigenvalue weighted by molar-refractivity contribution is 6.35. The van der Waals surface area contributed by atoms with E-state index < -0.39 is 11.9 Å². The van der Waals surface area contributed by atoms with Crippen molar-refractivity contribution in [2.24, 2.45) is 5.92 Å². The van der Waals surface area contributed by atoms with Gasteiger partial charge in [-0.1, -0.05) is 18.5 Å². The average molecular weight is 282 g/mol. The van der Waals surface area contributed by atoms with Gasteiger partial charge in [0, 0.05) is 11.5 Å². The number of hydrogen-bond donors (Lipinski definition) is 2. The molecule has 0 radical (unpaired) electrons. The van der Waals surface area contributed by atoms with Crippen LogP contribution in [0.1, 0.15) is 29.3 Å². The van der Waals surface area contributed by atoms with Crippen LogP contribution in [0.5, 0.6) is 0 Å². The Labute approximate surface area is 114 Å². The summed E-state index contributed by atoms with van der Waals surface area (Å²) in [4.78, 5) is 34.0. The third-order valence-corrected chi connectivity index (χ3v) is 3.30. The molecule has 0 saturated carbocycles. The fraction of sp³-hybridized carbons (Fsp3) is 0.308. The molecule has 1 aromatic rings. The van der Waals surface area contributed by atoms with E-state index in [4.69, 9.17) is 16.7 Å². The zero-order valence-corrected chi connectivity index (χ0v) is 11.0. The van der Waals surface area contributed by atoms with E-state index >= 15 is 0 Å². The molecule has 2 rings (SSSR count). The standard InChI is InChI=1S/C13H12ClNO4/c1-6(2-11(17)18)13(19)8-3-7-5-10(16)15-12(7)9(14)4-8/h3-4,6H,2,5H2,1H3,(H,15,16)(H,17,18). The maximum atomic E-state index is 12.1. The number of carbonyl (C=O) groups excluding carboxylic acids is 2. The van der Waals surface area contributed by atoms with Gasteiger partial charge in [-0.15, -0.1) is 0 Å². The van der Waals surface area contributed by atoms with Crippen LogP contribution in [0.2, 0.25) is 5.02 Å². The molecular formula is C13H12ClNO4. The van der Waals surface area contributed by atoms with Crippen LogP contribution in [0.3, 0.4) is 0 Å². The van der Waals surface area contributed by atoms with Crippen LogP contribution >= 0.6 is 11.6 Å². The number of nitrogens with one attached hydrogen (secondary N) is 1. The summed E-state index contributed by atoms with van der Waals surface area (Å²) in [6.07, 6.45) is -0.0474. The summed E-state index contributed by atoms with van der Waals surface area (Å²) in [5.41, 5.74) is 1.55. The molecule has 1 aliphatic heterocycles. The lowest BCUT2D eigenvalue weighted by atomic mass is 9.95. The van der Waals surface area contributed by atoms with Crippen LogP contribution in [0, 0.1) is 5.92 Å². The quantitative estimate of drug-likeness (QED) is 0.828. The van der Waals surface area contributed by atoms with E-state index in [0.717, 1.165) is 0 Å². The van der Waals surface area contributed by atoms with E-state index in [1.807, 2.05) is 0 Å². The van der Waals surface area contributed by atoms with Crippen LogP contribution in [0.4, 0.5) is 5.69 Å². The van der Waals surface area contributed by atoms with Gasteiger partial charge >= 0.3 is 5.97 Å². The van der Waals surface area contributed by atoms with Crippen LogP contribution in [-0.2, 0) is 16.0 Å². The van der Waals surface area contributed by atoms with Crippen LogP contribution in [0.25, 0.3) is 0 Å². The van der Waals surface area contributed by atoms with Gasteiger partial charge < -0.3 is 10.4 Å². The van der Waals surface area contributed by atoms with Crippen molar-refractivity contribution in [1.29, 1.82) is 0 Å². The number of benzene rings is 1. The first-order valence-corrected chi connectivity index (χ1v) is 6.14. The molecule has 0 saturated heterocycles. The minimum Gasteiger partial charge on any atom is -0.481 e. The van der Waals surface area contributed by atoms with E-state index in [2.05, 4.69) is 5.32 Å². The molecule has 100 valence electrons. The lowest BCUT2D eigenvalue weighted by Gasteiger charge is -2.10. The molecule has 2 N–H and O–H groups in total. The van der Waals surface area contributed by atoms with E-state index in [1.165, 1.54) is 6.07 Å². The Morgan fingerprint density at radius 1 is 1.47 bits per heavy atom. The van der Waals surface area contributed by atoms with Crippen molar-refractivity contribution in [2.45, 2.75) is 19.8 Å². The van der Waals surface area contributed by atoms with Crippen molar-refractivity contribution in [2.75, 3.05) is 5.32 Å². The molecule has 1 heterocycles. The van der Waals surface area contributed by atoms with Gasteiger partial charge in [-0.2, -0.15) is 0 Å². The highest BCUT2D eigenvalue weighted by atomic mass is 35.5. The van der Waals surface area contributed by atoms with Crippen molar-refractivity contribution in [1.82, 2.24) is 0 Å². The van der Waals surface area contributed by atoms with Gasteiger partial charge in [-0.05, 0) is 17.7 Å². The minimum absolute atomic E-state index is 0.167. The van der Waals surface area contributed by atoms with E-state index in [9.17, 15) is 14.4 Å². The number of amides is 1. The highest BCUT2D eigenvalue weighted by Crippen LogP contribution is 2.33. The molecule has 1 unspecified atom stereocenters. The first kappa shape index (κ1) is 13.5. The summed E-state index contributed by atoms with van der Waals surface area (Å²) in [7, 11) is 0. The number of carboxylic acids is 1. The van der Waals surface area contributed by atoms with Crippen molar-refractivity contribution in [3.8, 4) is 0 Å². The second-order valence-corrected chi connectivity index (χ2v) is 4.99. The number of rotatable bonds is 4. The minimum atomic E-state index is -1.02. The maximum Gasteiger partial charge on any atom is 0.304 e. The SMILES string of the molecule is CC(CC(=O)O)C(=O)c1cc(Cl)c2c(c1)CC(=O)N2. The maximum absolute atomic E-state index is 12.1. The van der Waals surface area contributed by atoms with Crippen molar-refractivity contribution in [3.63, 3.8) is 0 Å². The predicted molar refractivity (Wildman–Crippen MR) is 69.5 cm³/mol. The first-order valence-electron chi connectivity index (χ1n) is 5.76. The lowest BCUT2D eigenvalue weighted by Crippen LogP contribution is -2.15. The number of carboxylic acid groups (broad SMARTS) is 1. The number of ketones is 1. The Balaban J connectivity index is 2.30. The lowest BCUT2D eigenvalue weighted by molar-refractivity contribution is -0.137. The number of halogens is 1. The average Bonchev–Trinajstić information content (AvgIpc) is 2.68. The topological polar surface area (TPSA) is 83.5 Å². The predicted octanol–water partition coefficient (Wildman–Crippen LogP) is 2.13. The molecule has 0 aromatic heterocycles. The molecule has 1 aromatic carbocycles. The molecule has 0 spiro atoms. The van der Waals surface area contributed by atoms with Crippen LogP contribution < -0.4 is 5.32 Å². The second kappa shape index (κ2) is 5.01. The number of anilines is 1. The summed E-state index contributed by atoms with van der Waals surface area (Å²) in [6, 6.07) is 3.06. The third-order valence-electron chi connectivity index (χ3n) is 3.00. The molecule has 1 aliphatic rings. The summed E-state index contributed by atoms with van der Waals surface area (Å²) in [5, 5.41) is 11.6. The summed E-state index contributed by atoms with van der Waals surface area (Å²) in [6.45, 7) is 1.56. The van der Waals surface area contributed by atoms with E-state index in [1.54, 1.807) is 13.0 Å². The van der Waals surface area contributed by atoms with Crippen LogP contribution in [-0.4, -0.2) is 22.8 Å². The van der Waals surface area contributed by atoms with Gasteiger partial charge in [-0.3, -0.25) is 14.4 Å². The number of aliphatic carboxylic acids is 1. The molecule has 6 heteroatoms. The molecule has 0 bridgehead atoms. The van der Waals surface area contributed by atoms with Crippen molar-refractivity contribution < 1.29 is 19.5 Å². The van der Waals surface area contributed by atoms with Gasteiger partial charge in [0.2, 0.25) is 5.91 Å². The fourth-order valence-corrected chi connectivity index (χ4v) is 2.37. The van der Waals surface area contributed by atoms with Gasteiger partial charge in [0.05, 0.1) is 23.6 Å². The monoisotopic (exact) mass is 281 g/mol.